The number of nitrogens with one attached hydrogen (secondary N) is 2. The number of rotatable bonds is 5. The number of hydrogen-bond donors (Lipinski definition) is 2. The van der Waals surface area contributed by atoms with Crippen LogP contribution in [-0.2, 0) is 16.4 Å². The average Bonchev–Trinajstić information content (AvgIpc) is 2.49. The minimum absolute atomic E-state index is 0.0522. The van der Waals surface area contributed by atoms with Crippen LogP contribution in [0.25, 0.3) is 0 Å². The Morgan fingerprint density at radius 2 is 1.96 bits per heavy atom. The van der Waals surface area contributed by atoms with E-state index in [4.69, 9.17) is 0 Å². The van der Waals surface area contributed by atoms with Crippen molar-refractivity contribution >= 4 is 16.1 Å². The van der Waals surface area contributed by atoms with Crippen molar-refractivity contribution in [1.29, 1.82) is 0 Å². The molecule has 0 saturated carbocycles. The lowest BCUT2D eigenvalue weighted by Gasteiger charge is -2.31. The van der Waals surface area contributed by atoms with Crippen LogP contribution in [0.1, 0.15) is 25.3 Å². The van der Waals surface area contributed by atoms with Crippen molar-refractivity contribution in [2.45, 2.75) is 38.3 Å². The van der Waals surface area contributed by atoms with E-state index in [1.165, 1.54) is 16.6 Å². The number of nitrogens with zero attached hydrogens (tertiary/aromatic N) is 1. The van der Waals surface area contributed by atoms with Gasteiger partial charge in [0.1, 0.15) is 5.82 Å². The zero-order valence-corrected chi connectivity index (χ0v) is 14.8. The lowest BCUT2D eigenvalue weighted by molar-refractivity contribution is 0.225. The van der Waals surface area contributed by atoms with Crippen LogP contribution in [0.3, 0.4) is 0 Å². The van der Waals surface area contributed by atoms with Gasteiger partial charge < -0.3 is 10.6 Å². The molecule has 0 bridgehead atoms. The summed E-state index contributed by atoms with van der Waals surface area (Å²) in [6, 6.07) is 5.93. The summed E-state index contributed by atoms with van der Waals surface area (Å²) < 4.78 is 37.9. The van der Waals surface area contributed by atoms with Crippen LogP contribution in [0.4, 0.5) is 9.18 Å². The smallest absolute Gasteiger partial charge is 0.315 e. The molecule has 0 aromatic heterocycles. The van der Waals surface area contributed by atoms with Crippen LogP contribution < -0.4 is 10.6 Å². The Morgan fingerprint density at radius 3 is 2.54 bits per heavy atom. The van der Waals surface area contributed by atoms with E-state index in [2.05, 4.69) is 10.6 Å². The fourth-order valence-electron chi connectivity index (χ4n) is 2.83. The molecule has 2 rings (SSSR count). The molecule has 1 fully saturated rings. The molecule has 2 N–H and O–H groups in total. The minimum atomic E-state index is -3.17. The fraction of sp³-hybridized carbons (Fsp3) is 0.562. The van der Waals surface area contributed by atoms with Crippen molar-refractivity contribution in [3.63, 3.8) is 0 Å². The molecular weight excluding hydrogens is 333 g/mol. The van der Waals surface area contributed by atoms with Crippen molar-refractivity contribution in [3.8, 4) is 0 Å². The highest BCUT2D eigenvalue weighted by Crippen LogP contribution is 2.13. The number of hydrogen-bond acceptors (Lipinski definition) is 3. The van der Waals surface area contributed by atoms with Crippen molar-refractivity contribution in [2.75, 3.05) is 19.3 Å². The first-order valence-corrected chi connectivity index (χ1v) is 9.86. The van der Waals surface area contributed by atoms with Crippen molar-refractivity contribution in [2.24, 2.45) is 0 Å². The maximum atomic E-state index is 13.6. The number of sulfonamides is 1. The number of piperidine rings is 1. The molecule has 8 heteroatoms. The summed E-state index contributed by atoms with van der Waals surface area (Å²) in [5.41, 5.74) is 0.562. The Kier molecular flexibility index (Phi) is 6.17. The highest BCUT2D eigenvalue weighted by Gasteiger charge is 2.25. The third-order valence-corrected chi connectivity index (χ3v) is 5.42. The standard InChI is InChI=1S/C16H24FN3O3S/c1-12(11-13-5-3-4-6-15(13)17)18-16(21)19-14-7-9-20(10-8-14)24(2,22)23/h3-6,12,14H,7-11H2,1-2H3,(H2,18,19,21). The van der Waals surface area contributed by atoms with Gasteiger partial charge in [0.2, 0.25) is 10.0 Å². The summed E-state index contributed by atoms with van der Waals surface area (Å²) in [6.07, 6.45) is 2.77. The minimum Gasteiger partial charge on any atom is -0.335 e. The van der Waals surface area contributed by atoms with Gasteiger partial charge in [0.15, 0.2) is 0 Å². The van der Waals surface area contributed by atoms with Gasteiger partial charge in [0.25, 0.3) is 0 Å². The normalized spacial score (nSPS) is 18.1. The van der Waals surface area contributed by atoms with Crippen molar-refractivity contribution in [3.05, 3.63) is 35.6 Å². The van der Waals surface area contributed by atoms with E-state index in [1.807, 2.05) is 6.92 Å². The van der Waals surface area contributed by atoms with Gasteiger partial charge in [-0.2, -0.15) is 0 Å². The molecule has 1 atom stereocenters. The summed E-state index contributed by atoms with van der Waals surface area (Å²) in [4.78, 5) is 12.0. The predicted molar refractivity (Wildman–Crippen MR) is 90.7 cm³/mol. The summed E-state index contributed by atoms with van der Waals surface area (Å²) in [5, 5.41) is 5.65. The van der Waals surface area contributed by atoms with Gasteiger partial charge in [-0.3, -0.25) is 0 Å². The molecule has 0 radical (unpaired) electrons. The number of urea groups is 1. The zero-order valence-electron chi connectivity index (χ0n) is 14.0. The maximum absolute atomic E-state index is 13.6. The Morgan fingerprint density at radius 1 is 1.33 bits per heavy atom. The third-order valence-electron chi connectivity index (χ3n) is 4.12. The Hall–Kier alpha value is -1.67. The Balaban J connectivity index is 1.76. The first-order valence-electron chi connectivity index (χ1n) is 8.01. The maximum Gasteiger partial charge on any atom is 0.315 e. The van der Waals surface area contributed by atoms with E-state index < -0.39 is 10.0 Å². The SMILES string of the molecule is CC(Cc1ccccc1F)NC(=O)NC1CCN(S(C)(=O)=O)CC1. The molecule has 1 unspecified atom stereocenters. The van der Waals surface area contributed by atoms with Gasteiger partial charge in [0.05, 0.1) is 6.26 Å². The molecule has 134 valence electrons. The average molecular weight is 357 g/mol. The van der Waals surface area contributed by atoms with Gasteiger partial charge >= 0.3 is 6.03 Å². The largest absolute Gasteiger partial charge is 0.335 e. The second kappa shape index (κ2) is 7.94. The molecule has 1 saturated heterocycles. The first-order chi connectivity index (χ1) is 11.3. The monoisotopic (exact) mass is 357 g/mol. The number of benzene rings is 1. The van der Waals surface area contributed by atoms with Gasteiger partial charge in [-0.05, 0) is 37.8 Å². The molecule has 1 aliphatic rings. The van der Waals surface area contributed by atoms with E-state index >= 15 is 0 Å². The van der Waals surface area contributed by atoms with Crippen molar-refractivity contribution < 1.29 is 17.6 Å². The fourth-order valence-corrected chi connectivity index (χ4v) is 3.70. The summed E-state index contributed by atoms with van der Waals surface area (Å²) in [6.45, 7) is 2.64. The van der Waals surface area contributed by atoms with Crippen LogP contribution in [0.5, 0.6) is 0 Å². The number of halogens is 1. The van der Waals surface area contributed by atoms with E-state index in [9.17, 15) is 17.6 Å². The molecule has 1 aromatic carbocycles. The van der Waals surface area contributed by atoms with E-state index in [-0.39, 0.29) is 23.9 Å². The molecule has 2 amide bonds. The second-order valence-electron chi connectivity index (χ2n) is 6.25. The van der Waals surface area contributed by atoms with Crippen molar-refractivity contribution in [1.82, 2.24) is 14.9 Å². The topological polar surface area (TPSA) is 78.5 Å². The van der Waals surface area contributed by atoms with Gasteiger partial charge in [0, 0.05) is 25.2 Å². The molecular formula is C16H24FN3O3S. The highest BCUT2D eigenvalue weighted by atomic mass is 32.2. The third kappa shape index (κ3) is 5.45. The van der Waals surface area contributed by atoms with Gasteiger partial charge in [-0.15, -0.1) is 0 Å². The number of carbonyl (C=O) groups is 1. The summed E-state index contributed by atoms with van der Waals surface area (Å²) >= 11 is 0. The summed E-state index contributed by atoms with van der Waals surface area (Å²) in [7, 11) is -3.17. The lowest BCUT2D eigenvalue weighted by atomic mass is 10.1. The quantitative estimate of drug-likeness (QED) is 0.838. The van der Waals surface area contributed by atoms with Crippen LogP contribution >= 0.6 is 0 Å². The van der Waals surface area contributed by atoms with Crippen LogP contribution in [0.2, 0.25) is 0 Å². The second-order valence-corrected chi connectivity index (χ2v) is 8.23. The number of carbonyl (C=O) groups excluding carboxylic acids is 1. The molecule has 24 heavy (non-hydrogen) atoms. The highest BCUT2D eigenvalue weighted by molar-refractivity contribution is 7.88. The molecule has 1 aromatic rings. The molecule has 1 heterocycles. The zero-order chi connectivity index (χ0) is 17.7. The van der Waals surface area contributed by atoms with Crippen LogP contribution in [0.15, 0.2) is 24.3 Å². The molecule has 1 aliphatic heterocycles. The molecule has 0 spiro atoms. The van der Waals surface area contributed by atoms with E-state index in [0.717, 1.165) is 0 Å². The van der Waals surface area contributed by atoms with E-state index in [1.54, 1.807) is 18.2 Å². The van der Waals surface area contributed by atoms with Gasteiger partial charge in [-0.25, -0.2) is 21.9 Å². The molecule has 0 aliphatic carbocycles. The first kappa shape index (κ1) is 18.7. The van der Waals surface area contributed by atoms with Crippen LogP contribution in [0, 0.1) is 5.82 Å². The number of amides is 2. The van der Waals surface area contributed by atoms with Gasteiger partial charge in [-0.1, -0.05) is 18.2 Å². The summed E-state index contributed by atoms with van der Waals surface area (Å²) in [5.74, 6) is -0.278. The van der Waals surface area contributed by atoms with Crippen LogP contribution in [-0.4, -0.2) is 50.2 Å². The molecule has 6 nitrogen and oxygen atoms in total. The Bertz CT molecular complexity index is 673. The van der Waals surface area contributed by atoms with E-state index in [0.29, 0.717) is 37.9 Å². The Labute approximate surface area is 142 Å². The predicted octanol–water partition coefficient (Wildman–Crippen LogP) is 1.48. The lowest BCUT2D eigenvalue weighted by Crippen LogP contribution is -2.50.